The molecule has 0 saturated carbocycles. The SMILES string of the molecule is CCCCNc1cccc(C)c1. The normalized spacial score (nSPS) is 9.83. The smallest absolute Gasteiger partial charge is 0.0342 e. The predicted molar refractivity (Wildman–Crippen MR) is 54.6 cm³/mol. The van der Waals surface area contributed by atoms with Crippen LogP contribution in [-0.4, -0.2) is 6.54 Å². The molecule has 0 unspecified atom stereocenters. The standard InChI is InChI=1S/C11H17N/c1-3-4-8-12-11-7-5-6-10(2)9-11/h5-7,9,12H,3-4,8H2,1-2H3. The summed E-state index contributed by atoms with van der Waals surface area (Å²) in [5.74, 6) is 0. The Balaban J connectivity index is 2.41. The van der Waals surface area contributed by atoms with Crippen molar-refractivity contribution >= 4 is 5.69 Å². The van der Waals surface area contributed by atoms with Crippen LogP contribution in [0.15, 0.2) is 24.3 Å². The van der Waals surface area contributed by atoms with Crippen molar-refractivity contribution in [3.63, 3.8) is 0 Å². The third-order valence-electron chi connectivity index (χ3n) is 1.88. The van der Waals surface area contributed by atoms with Gasteiger partial charge in [0.15, 0.2) is 0 Å². The molecule has 0 spiro atoms. The van der Waals surface area contributed by atoms with E-state index in [1.54, 1.807) is 0 Å². The molecule has 0 aliphatic rings. The van der Waals surface area contributed by atoms with E-state index in [-0.39, 0.29) is 0 Å². The molecular weight excluding hydrogens is 146 g/mol. The largest absolute Gasteiger partial charge is 0.385 e. The van der Waals surface area contributed by atoms with Gasteiger partial charge >= 0.3 is 0 Å². The van der Waals surface area contributed by atoms with Crippen LogP contribution in [0.1, 0.15) is 25.3 Å². The van der Waals surface area contributed by atoms with Gasteiger partial charge in [0.1, 0.15) is 0 Å². The topological polar surface area (TPSA) is 12.0 Å². The molecule has 12 heavy (non-hydrogen) atoms. The Bertz CT molecular complexity index is 230. The second-order valence-electron chi connectivity index (χ2n) is 3.15. The second kappa shape index (κ2) is 4.81. The van der Waals surface area contributed by atoms with Gasteiger partial charge in [0, 0.05) is 12.2 Å². The van der Waals surface area contributed by atoms with Crippen LogP contribution in [0.3, 0.4) is 0 Å². The Hall–Kier alpha value is -0.980. The highest BCUT2D eigenvalue weighted by Crippen LogP contribution is 2.09. The fraction of sp³-hybridized carbons (Fsp3) is 0.455. The Morgan fingerprint density at radius 2 is 2.17 bits per heavy atom. The maximum absolute atomic E-state index is 3.39. The summed E-state index contributed by atoms with van der Waals surface area (Å²) >= 11 is 0. The Kier molecular flexibility index (Phi) is 3.65. The molecule has 1 heteroatoms. The molecule has 0 aromatic heterocycles. The summed E-state index contributed by atoms with van der Waals surface area (Å²) in [6.45, 7) is 5.41. The van der Waals surface area contributed by atoms with Crippen molar-refractivity contribution in [3.8, 4) is 0 Å². The number of aryl methyl sites for hydroxylation is 1. The van der Waals surface area contributed by atoms with Crippen molar-refractivity contribution in [2.45, 2.75) is 26.7 Å². The highest BCUT2D eigenvalue weighted by molar-refractivity contribution is 5.45. The Labute approximate surface area is 74.8 Å². The van der Waals surface area contributed by atoms with Crippen LogP contribution in [0.25, 0.3) is 0 Å². The van der Waals surface area contributed by atoms with Crippen molar-refractivity contribution < 1.29 is 0 Å². The van der Waals surface area contributed by atoms with Gasteiger partial charge in [-0.1, -0.05) is 25.5 Å². The minimum absolute atomic E-state index is 1.08. The lowest BCUT2D eigenvalue weighted by Crippen LogP contribution is -2.00. The average Bonchev–Trinajstić information content (AvgIpc) is 2.05. The average molecular weight is 163 g/mol. The molecule has 1 aromatic carbocycles. The number of hydrogen-bond donors (Lipinski definition) is 1. The third kappa shape index (κ3) is 2.95. The van der Waals surface area contributed by atoms with E-state index >= 15 is 0 Å². The molecule has 0 aliphatic carbocycles. The summed E-state index contributed by atoms with van der Waals surface area (Å²) in [4.78, 5) is 0. The van der Waals surface area contributed by atoms with Crippen molar-refractivity contribution in [2.75, 3.05) is 11.9 Å². The number of hydrogen-bond acceptors (Lipinski definition) is 1. The van der Waals surface area contributed by atoms with Crippen LogP contribution >= 0.6 is 0 Å². The molecule has 0 heterocycles. The summed E-state index contributed by atoms with van der Waals surface area (Å²) in [5, 5.41) is 3.39. The zero-order valence-corrected chi connectivity index (χ0v) is 7.93. The molecule has 0 amide bonds. The second-order valence-corrected chi connectivity index (χ2v) is 3.15. The van der Waals surface area contributed by atoms with Crippen LogP contribution in [0.2, 0.25) is 0 Å². The van der Waals surface area contributed by atoms with Crippen LogP contribution in [0, 0.1) is 6.92 Å². The molecule has 0 atom stereocenters. The van der Waals surface area contributed by atoms with Crippen LogP contribution in [0.5, 0.6) is 0 Å². The lowest BCUT2D eigenvalue weighted by atomic mass is 10.2. The molecule has 0 aliphatic heterocycles. The first-order chi connectivity index (χ1) is 5.83. The number of unbranched alkanes of at least 4 members (excludes halogenated alkanes) is 1. The van der Waals surface area contributed by atoms with E-state index in [4.69, 9.17) is 0 Å². The zero-order valence-electron chi connectivity index (χ0n) is 7.93. The van der Waals surface area contributed by atoms with Gasteiger partial charge in [-0.15, -0.1) is 0 Å². The summed E-state index contributed by atoms with van der Waals surface area (Å²) in [6.07, 6.45) is 2.49. The summed E-state index contributed by atoms with van der Waals surface area (Å²) in [6, 6.07) is 8.49. The fourth-order valence-electron chi connectivity index (χ4n) is 1.16. The summed E-state index contributed by atoms with van der Waals surface area (Å²) < 4.78 is 0. The van der Waals surface area contributed by atoms with E-state index in [1.165, 1.54) is 24.1 Å². The molecule has 1 aromatic rings. The third-order valence-corrected chi connectivity index (χ3v) is 1.88. The zero-order chi connectivity index (χ0) is 8.81. The number of anilines is 1. The highest BCUT2D eigenvalue weighted by atomic mass is 14.9. The fourth-order valence-corrected chi connectivity index (χ4v) is 1.16. The van der Waals surface area contributed by atoms with E-state index in [0.717, 1.165) is 6.54 Å². The molecule has 1 N–H and O–H groups in total. The van der Waals surface area contributed by atoms with Gasteiger partial charge in [-0.3, -0.25) is 0 Å². The Morgan fingerprint density at radius 3 is 2.83 bits per heavy atom. The van der Waals surface area contributed by atoms with Gasteiger partial charge in [0.25, 0.3) is 0 Å². The van der Waals surface area contributed by atoms with Gasteiger partial charge < -0.3 is 5.32 Å². The summed E-state index contributed by atoms with van der Waals surface area (Å²) in [7, 11) is 0. The molecule has 0 radical (unpaired) electrons. The highest BCUT2D eigenvalue weighted by Gasteiger charge is 1.89. The quantitative estimate of drug-likeness (QED) is 0.672. The molecule has 1 rings (SSSR count). The first-order valence-corrected chi connectivity index (χ1v) is 4.63. The van der Waals surface area contributed by atoms with Crippen molar-refractivity contribution in [2.24, 2.45) is 0 Å². The minimum Gasteiger partial charge on any atom is -0.385 e. The van der Waals surface area contributed by atoms with Crippen molar-refractivity contribution in [1.82, 2.24) is 0 Å². The molecule has 66 valence electrons. The number of nitrogens with one attached hydrogen (secondary N) is 1. The molecule has 1 nitrogen and oxygen atoms in total. The number of benzene rings is 1. The minimum atomic E-state index is 1.08. The van der Waals surface area contributed by atoms with Gasteiger partial charge in [-0.2, -0.15) is 0 Å². The van der Waals surface area contributed by atoms with E-state index < -0.39 is 0 Å². The van der Waals surface area contributed by atoms with Gasteiger partial charge in [-0.05, 0) is 31.0 Å². The van der Waals surface area contributed by atoms with Gasteiger partial charge in [0.2, 0.25) is 0 Å². The lowest BCUT2D eigenvalue weighted by Gasteiger charge is -2.05. The van der Waals surface area contributed by atoms with E-state index in [9.17, 15) is 0 Å². The number of rotatable bonds is 4. The summed E-state index contributed by atoms with van der Waals surface area (Å²) in [5.41, 5.74) is 2.56. The van der Waals surface area contributed by atoms with Crippen LogP contribution in [0.4, 0.5) is 5.69 Å². The molecular formula is C11H17N. The van der Waals surface area contributed by atoms with Crippen LogP contribution < -0.4 is 5.32 Å². The first kappa shape index (κ1) is 9.11. The molecule has 0 fully saturated rings. The van der Waals surface area contributed by atoms with Gasteiger partial charge in [-0.25, -0.2) is 0 Å². The van der Waals surface area contributed by atoms with Crippen molar-refractivity contribution in [3.05, 3.63) is 29.8 Å². The maximum atomic E-state index is 3.39. The monoisotopic (exact) mass is 163 g/mol. The van der Waals surface area contributed by atoms with E-state index in [1.807, 2.05) is 0 Å². The van der Waals surface area contributed by atoms with Crippen LogP contribution in [-0.2, 0) is 0 Å². The van der Waals surface area contributed by atoms with E-state index in [2.05, 4.69) is 43.4 Å². The Morgan fingerprint density at radius 1 is 1.33 bits per heavy atom. The maximum Gasteiger partial charge on any atom is 0.0342 e. The van der Waals surface area contributed by atoms with Gasteiger partial charge in [0.05, 0.1) is 0 Å². The molecule has 0 bridgehead atoms. The predicted octanol–water partition coefficient (Wildman–Crippen LogP) is 3.21. The first-order valence-electron chi connectivity index (χ1n) is 4.63. The lowest BCUT2D eigenvalue weighted by molar-refractivity contribution is 0.834. The van der Waals surface area contributed by atoms with E-state index in [0.29, 0.717) is 0 Å². The molecule has 0 saturated heterocycles. The van der Waals surface area contributed by atoms with Crippen molar-refractivity contribution in [1.29, 1.82) is 0 Å².